The van der Waals surface area contributed by atoms with Gasteiger partial charge in [-0.2, -0.15) is 0 Å². The van der Waals surface area contributed by atoms with Gasteiger partial charge in [0.15, 0.2) is 0 Å². The molecule has 12 heavy (non-hydrogen) atoms. The van der Waals surface area contributed by atoms with Crippen LogP contribution in [0.15, 0.2) is 23.2 Å². The van der Waals surface area contributed by atoms with Gasteiger partial charge in [-0.05, 0) is 37.0 Å². The Morgan fingerprint density at radius 3 is 2.83 bits per heavy atom. The molecule has 0 bridgehead atoms. The lowest BCUT2D eigenvalue weighted by Crippen LogP contribution is -1.93. The Balaban J connectivity index is 2.57. The van der Waals surface area contributed by atoms with E-state index in [2.05, 4.69) is 30.1 Å². The molecule has 0 saturated carbocycles. The van der Waals surface area contributed by atoms with Crippen molar-refractivity contribution >= 4 is 5.71 Å². The number of fused-ring (bicyclic) bond motifs is 1. The van der Waals surface area contributed by atoms with Gasteiger partial charge in [-0.15, -0.1) is 0 Å². The number of benzene rings is 1. The maximum atomic E-state index is 4.29. The van der Waals surface area contributed by atoms with E-state index in [-0.39, 0.29) is 0 Å². The standard InChI is InChI=1S/C11H13N/c1-8-3-4-9-5-6-11(12-2)10(9)7-8/h3-4,7H,5-6H2,1-2H3. The molecule has 1 nitrogen and oxygen atoms in total. The van der Waals surface area contributed by atoms with Crippen molar-refractivity contribution in [1.82, 2.24) is 0 Å². The molecule has 62 valence electrons. The van der Waals surface area contributed by atoms with Crippen LogP contribution in [0.1, 0.15) is 23.1 Å². The highest BCUT2D eigenvalue weighted by Gasteiger charge is 2.15. The van der Waals surface area contributed by atoms with Crippen molar-refractivity contribution in [3.05, 3.63) is 34.9 Å². The predicted octanol–water partition coefficient (Wildman–Crippen LogP) is 2.36. The van der Waals surface area contributed by atoms with E-state index in [0.717, 1.165) is 6.42 Å². The van der Waals surface area contributed by atoms with Gasteiger partial charge in [-0.25, -0.2) is 0 Å². The zero-order valence-corrected chi connectivity index (χ0v) is 7.59. The molecule has 1 heteroatoms. The predicted molar refractivity (Wildman–Crippen MR) is 52.0 cm³/mol. The van der Waals surface area contributed by atoms with E-state index in [0.29, 0.717) is 0 Å². The van der Waals surface area contributed by atoms with Gasteiger partial charge in [0, 0.05) is 12.8 Å². The average molecular weight is 159 g/mol. The second kappa shape index (κ2) is 2.74. The molecule has 0 N–H and O–H groups in total. The Morgan fingerprint density at radius 2 is 2.08 bits per heavy atom. The van der Waals surface area contributed by atoms with Crippen molar-refractivity contribution in [3.63, 3.8) is 0 Å². The first-order valence-electron chi connectivity index (χ1n) is 4.37. The minimum Gasteiger partial charge on any atom is -0.292 e. The number of nitrogens with zero attached hydrogens (tertiary/aromatic N) is 1. The molecule has 0 unspecified atom stereocenters. The molecule has 0 atom stereocenters. The van der Waals surface area contributed by atoms with Crippen LogP contribution in [0.25, 0.3) is 0 Å². The molecule has 0 heterocycles. The first-order chi connectivity index (χ1) is 5.81. The van der Waals surface area contributed by atoms with Crippen LogP contribution >= 0.6 is 0 Å². The van der Waals surface area contributed by atoms with Crippen molar-refractivity contribution in [3.8, 4) is 0 Å². The molecule has 0 spiro atoms. The van der Waals surface area contributed by atoms with Gasteiger partial charge in [0.25, 0.3) is 0 Å². The van der Waals surface area contributed by atoms with Gasteiger partial charge in [0.05, 0.1) is 0 Å². The Hall–Kier alpha value is -1.11. The third-order valence-electron chi connectivity index (χ3n) is 2.48. The number of aliphatic imine (C=N–C) groups is 1. The van der Waals surface area contributed by atoms with Crippen molar-refractivity contribution < 1.29 is 0 Å². The monoisotopic (exact) mass is 159 g/mol. The first kappa shape index (κ1) is 7.53. The van der Waals surface area contributed by atoms with Crippen molar-refractivity contribution in [2.75, 3.05) is 7.05 Å². The summed E-state index contributed by atoms with van der Waals surface area (Å²) in [6.07, 6.45) is 2.29. The Bertz CT molecular complexity index is 337. The van der Waals surface area contributed by atoms with Crippen LogP contribution in [0.4, 0.5) is 0 Å². The number of hydrogen-bond donors (Lipinski definition) is 0. The number of aryl methyl sites for hydroxylation is 2. The molecule has 1 aliphatic rings. The van der Waals surface area contributed by atoms with E-state index < -0.39 is 0 Å². The van der Waals surface area contributed by atoms with Crippen LogP contribution in [0.2, 0.25) is 0 Å². The van der Waals surface area contributed by atoms with Crippen molar-refractivity contribution in [2.24, 2.45) is 4.99 Å². The molecular formula is C11H13N. The molecule has 2 rings (SSSR count). The van der Waals surface area contributed by atoms with E-state index in [4.69, 9.17) is 0 Å². The lowest BCUT2D eigenvalue weighted by Gasteiger charge is -2.00. The van der Waals surface area contributed by atoms with Gasteiger partial charge >= 0.3 is 0 Å². The third kappa shape index (κ3) is 1.06. The lowest BCUT2D eigenvalue weighted by atomic mass is 10.1. The number of hydrogen-bond acceptors (Lipinski definition) is 1. The molecule has 0 radical (unpaired) electrons. The summed E-state index contributed by atoms with van der Waals surface area (Å²) in [4.78, 5) is 4.29. The fraction of sp³-hybridized carbons (Fsp3) is 0.364. The van der Waals surface area contributed by atoms with Crippen LogP contribution in [0, 0.1) is 6.92 Å². The summed E-state index contributed by atoms with van der Waals surface area (Å²) < 4.78 is 0. The molecule has 1 aliphatic carbocycles. The lowest BCUT2D eigenvalue weighted by molar-refractivity contribution is 1.09. The van der Waals surface area contributed by atoms with Gasteiger partial charge in [-0.1, -0.05) is 17.7 Å². The molecule has 1 aromatic rings. The molecule has 0 aliphatic heterocycles. The smallest absolute Gasteiger partial charge is 0.0423 e. The second-order valence-corrected chi connectivity index (χ2v) is 3.33. The quantitative estimate of drug-likeness (QED) is 0.551. The Morgan fingerprint density at radius 1 is 1.25 bits per heavy atom. The molecule has 0 fully saturated rings. The maximum Gasteiger partial charge on any atom is 0.0423 e. The van der Waals surface area contributed by atoms with Gasteiger partial charge in [-0.3, -0.25) is 4.99 Å². The summed E-state index contributed by atoms with van der Waals surface area (Å²) in [7, 11) is 1.88. The molecule has 0 amide bonds. The average Bonchev–Trinajstić information content (AvgIpc) is 2.46. The SMILES string of the molecule is CN=C1CCc2ccc(C)cc21. The zero-order chi connectivity index (χ0) is 8.55. The van der Waals surface area contributed by atoms with Crippen LogP contribution < -0.4 is 0 Å². The Labute approximate surface area is 73.1 Å². The summed E-state index contributed by atoms with van der Waals surface area (Å²) in [5.74, 6) is 0. The highest BCUT2D eigenvalue weighted by molar-refractivity contribution is 6.04. The van der Waals surface area contributed by atoms with Gasteiger partial charge in [0.1, 0.15) is 0 Å². The van der Waals surface area contributed by atoms with E-state index in [1.807, 2.05) is 7.05 Å². The van der Waals surface area contributed by atoms with Crippen molar-refractivity contribution in [1.29, 1.82) is 0 Å². The third-order valence-corrected chi connectivity index (χ3v) is 2.48. The normalized spacial score (nSPS) is 18.3. The first-order valence-corrected chi connectivity index (χ1v) is 4.37. The largest absolute Gasteiger partial charge is 0.292 e. The van der Waals surface area contributed by atoms with E-state index in [9.17, 15) is 0 Å². The van der Waals surface area contributed by atoms with Gasteiger partial charge < -0.3 is 0 Å². The summed E-state index contributed by atoms with van der Waals surface area (Å²) in [6, 6.07) is 6.64. The zero-order valence-electron chi connectivity index (χ0n) is 7.59. The maximum absolute atomic E-state index is 4.29. The Kier molecular flexibility index (Phi) is 1.72. The highest BCUT2D eigenvalue weighted by Crippen LogP contribution is 2.23. The fourth-order valence-electron chi connectivity index (χ4n) is 1.80. The van der Waals surface area contributed by atoms with E-state index >= 15 is 0 Å². The highest BCUT2D eigenvalue weighted by atomic mass is 14.7. The second-order valence-electron chi connectivity index (χ2n) is 3.33. The van der Waals surface area contributed by atoms with Gasteiger partial charge in [0.2, 0.25) is 0 Å². The molecular weight excluding hydrogens is 146 g/mol. The van der Waals surface area contributed by atoms with Crippen LogP contribution in [-0.2, 0) is 6.42 Å². The summed E-state index contributed by atoms with van der Waals surface area (Å²) in [5, 5.41) is 0. The summed E-state index contributed by atoms with van der Waals surface area (Å²) in [6.45, 7) is 2.13. The van der Waals surface area contributed by atoms with E-state index in [1.165, 1.54) is 28.8 Å². The summed E-state index contributed by atoms with van der Waals surface area (Å²) in [5.41, 5.74) is 5.43. The van der Waals surface area contributed by atoms with E-state index in [1.54, 1.807) is 0 Å². The van der Waals surface area contributed by atoms with Crippen LogP contribution in [0.3, 0.4) is 0 Å². The summed E-state index contributed by atoms with van der Waals surface area (Å²) >= 11 is 0. The fourth-order valence-corrected chi connectivity index (χ4v) is 1.80. The molecule has 0 saturated heterocycles. The van der Waals surface area contributed by atoms with Crippen LogP contribution in [-0.4, -0.2) is 12.8 Å². The minimum atomic E-state index is 1.12. The molecule has 1 aromatic carbocycles. The topological polar surface area (TPSA) is 12.4 Å². The van der Waals surface area contributed by atoms with Crippen LogP contribution in [0.5, 0.6) is 0 Å². The van der Waals surface area contributed by atoms with Crippen molar-refractivity contribution in [2.45, 2.75) is 19.8 Å². The molecule has 0 aromatic heterocycles. The minimum absolute atomic E-state index is 1.12. The number of rotatable bonds is 0.